The van der Waals surface area contributed by atoms with Gasteiger partial charge in [0.05, 0.1) is 0 Å². The van der Waals surface area contributed by atoms with Gasteiger partial charge in [-0.05, 0) is 11.1 Å². The molecule has 1 saturated heterocycles. The molecule has 3 heterocycles. The highest BCUT2D eigenvalue weighted by molar-refractivity contribution is 8.07. The lowest BCUT2D eigenvalue weighted by Crippen LogP contribution is -2.68. The number of ether oxygens (including phenoxy) is 1. The molecule has 2 N–H and O–H groups in total. The monoisotopic (exact) mass is 482 g/mol. The molecule has 2 aliphatic rings. The van der Waals surface area contributed by atoms with E-state index in [-0.39, 0.29) is 17.0 Å². The van der Waals surface area contributed by atoms with Crippen LogP contribution in [0.1, 0.15) is 17.2 Å². The van der Waals surface area contributed by atoms with E-state index in [0.29, 0.717) is 15.0 Å². The van der Waals surface area contributed by atoms with Crippen LogP contribution in [-0.2, 0) is 14.3 Å². The van der Waals surface area contributed by atoms with E-state index in [1.54, 1.807) is 5.51 Å². The van der Waals surface area contributed by atoms with E-state index in [2.05, 4.69) is 10.2 Å². The summed E-state index contributed by atoms with van der Waals surface area (Å²) < 4.78 is 6.76. The molecule has 5 rings (SSSR count). The van der Waals surface area contributed by atoms with E-state index >= 15 is 0 Å². The number of aromatic nitrogens is 2. The molecule has 1 aromatic heterocycles. The summed E-state index contributed by atoms with van der Waals surface area (Å²) in [6.45, 7) is 0. The molecular weight excluding hydrogens is 464 g/mol. The van der Waals surface area contributed by atoms with Crippen molar-refractivity contribution < 1.29 is 14.3 Å². The Morgan fingerprint density at radius 1 is 1.12 bits per heavy atom. The smallest absolute Gasteiger partial charge is 0.356 e. The van der Waals surface area contributed by atoms with E-state index in [9.17, 15) is 9.59 Å². The van der Waals surface area contributed by atoms with Gasteiger partial charge >= 0.3 is 5.97 Å². The first-order chi connectivity index (χ1) is 15.6. The molecule has 32 heavy (non-hydrogen) atoms. The van der Waals surface area contributed by atoms with E-state index in [4.69, 9.17) is 10.5 Å². The van der Waals surface area contributed by atoms with Crippen molar-refractivity contribution in [1.29, 1.82) is 0 Å². The average molecular weight is 483 g/mol. The summed E-state index contributed by atoms with van der Waals surface area (Å²) in [5.74, 6) is -0.293. The van der Waals surface area contributed by atoms with Crippen LogP contribution < -0.4 is 5.73 Å². The lowest BCUT2D eigenvalue weighted by Gasteiger charge is -2.48. The summed E-state index contributed by atoms with van der Waals surface area (Å²) in [6, 6.07) is 18.5. The van der Waals surface area contributed by atoms with Crippen LogP contribution in [-0.4, -0.2) is 44.1 Å². The van der Waals surface area contributed by atoms with Crippen LogP contribution in [0.3, 0.4) is 0 Å². The molecule has 3 aromatic rings. The summed E-state index contributed by atoms with van der Waals surface area (Å²) in [5, 5.41) is 7.66. The third-order valence-electron chi connectivity index (χ3n) is 5.15. The molecule has 10 heteroatoms. The first-order valence-corrected chi connectivity index (χ1v) is 12.6. The van der Waals surface area contributed by atoms with Crippen molar-refractivity contribution in [2.24, 2.45) is 5.73 Å². The number of fused-ring (bicyclic) bond motifs is 1. The molecule has 0 spiro atoms. The maximum Gasteiger partial charge on any atom is 0.356 e. The van der Waals surface area contributed by atoms with Gasteiger partial charge < -0.3 is 10.5 Å². The summed E-state index contributed by atoms with van der Waals surface area (Å²) in [7, 11) is 0. The van der Waals surface area contributed by atoms with Crippen LogP contribution >= 0.6 is 34.9 Å². The Morgan fingerprint density at radius 3 is 2.38 bits per heavy atom. The first-order valence-electron chi connectivity index (χ1n) is 9.82. The highest BCUT2D eigenvalue weighted by atomic mass is 32.2. The number of amides is 1. The molecule has 1 amide bonds. The molecule has 2 aliphatic heterocycles. The minimum Gasteiger partial charge on any atom is -0.448 e. The van der Waals surface area contributed by atoms with Gasteiger partial charge in [0.1, 0.15) is 22.6 Å². The van der Waals surface area contributed by atoms with E-state index < -0.39 is 18.1 Å². The predicted molar refractivity (Wildman–Crippen MR) is 125 cm³/mol. The van der Waals surface area contributed by atoms with Crippen LogP contribution in [0.5, 0.6) is 0 Å². The average Bonchev–Trinajstić information content (AvgIpc) is 3.36. The van der Waals surface area contributed by atoms with Crippen molar-refractivity contribution in [3.05, 3.63) is 87.9 Å². The number of esters is 1. The first kappa shape index (κ1) is 21.2. The van der Waals surface area contributed by atoms with Gasteiger partial charge in [-0.25, -0.2) is 4.79 Å². The number of thioether (sulfide) groups is 2. The van der Waals surface area contributed by atoms with Crippen molar-refractivity contribution in [3.63, 3.8) is 0 Å². The van der Waals surface area contributed by atoms with Gasteiger partial charge in [-0.3, -0.25) is 9.69 Å². The second-order valence-electron chi connectivity index (χ2n) is 7.12. The maximum absolute atomic E-state index is 13.6. The van der Waals surface area contributed by atoms with Crippen molar-refractivity contribution in [1.82, 2.24) is 15.1 Å². The summed E-state index contributed by atoms with van der Waals surface area (Å²) in [5.41, 5.74) is 9.56. The Balaban J connectivity index is 1.51. The molecule has 0 bridgehead atoms. The minimum absolute atomic E-state index is 0.248. The van der Waals surface area contributed by atoms with E-state index in [1.165, 1.54) is 39.8 Å². The van der Waals surface area contributed by atoms with Gasteiger partial charge in [-0.1, -0.05) is 83.8 Å². The molecule has 2 atom stereocenters. The number of β-lactam (4-membered cyclic amide) rings is 1. The van der Waals surface area contributed by atoms with Crippen LogP contribution in [0, 0.1) is 0 Å². The van der Waals surface area contributed by atoms with Gasteiger partial charge in [0.25, 0.3) is 0 Å². The normalized spacial score (nSPS) is 20.2. The summed E-state index contributed by atoms with van der Waals surface area (Å²) in [4.78, 5) is 28.3. The third kappa shape index (κ3) is 3.95. The van der Waals surface area contributed by atoms with Gasteiger partial charge in [-0.2, -0.15) is 0 Å². The fourth-order valence-corrected chi connectivity index (χ4v) is 6.68. The number of carbonyl (C=O) groups excluding carboxylic acids is 2. The lowest BCUT2D eigenvalue weighted by atomic mass is 10.0. The SMILES string of the molecule is N[C@@H]1C(=O)N2C(C(=O)OC(c3ccccc3)c3ccccc3)=C(Sc3nncs3)CS[C@H]12. The Morgan fingerprint density at radius 2 is 1.78 bits per heavy atom. The number of hydrogen-bond acceptors (Lipinski definition) is 9. The second kappa shape index (κ2) is 9.07. The van der Waals surface area contributed by atoms with Crippen molar-refractivity contribution >= 4 is 46.7 Å². The standard InChI is InChI=1S/C22H18N4O3S3/c23-16-19(27)26-17(15(11-30-20(16)26)32-22-25-24-12-31-22)21(28)29-18(13-7-3-1-4-8-13)14-9-5-2-6-10-14/h1-10,12,16,18,20H,11,23H2/t16-,20-/m1/s1. The van der Waals surface area contributed by atoms with Crippen LogP contribution in [0.15, 0.2) is 81.1 Å². The van der Waals surface area contributed by atoms with Gasteiger partial charge in [0.2, 0.25) is 5.91 Å². The highest BCUT2D eigenvalue weighted by Gasteiger charge is 2.52. The minimum atomic E-state index is -0.616. The topological polar surface area (TPSA) is 98.4 Å². The molecular formula is C22H18N4O3S3. The number of carbonyl (C=O) groups is 2. The molecule has 7 nitrogen and oxygen atoms in total. The summed E-state index contributed by atoms with van der Waals surface area (Å²) in [6.07, 6.45) is -0.608. The number of nitrogens with zero attached hydrogens (tertiary/aromatic N) is 3. The van der Waals surface area contributed by atoms with Crippen molar-refractivity contribution in [3.8, 4) is 0 Å². The highest BCUT2D eigenvalue weighted by Crippen LogP contribution is 2.45. The van der Waals surface area contributed by atoms with Crippen molar-refractivity contribution in [2.75, 3.05) is 5.75 Å². The molecule has 0 aliphatic carbocycles. The van der Waals surface area contributed by atoms with Gasteiger partial charge in [0.15, 0.2) is 10.4 Å². The molecule has 162 valence electrons. The fourth-order valence-electron chi connectivity index (χ4n) is 3.62. The lowest BCUT2D eigenvalue weighted by molar-refractivity contribution is -0.152. The van der Waals surface area contributed by atoms with Crippen molar-refractivity contribution in [2.45, 2.75) is 21.9 Å². The van der Waals surface area contributed by atoms with Crippen LogP contribution in [0.25, 0.3) is 0 Å². The molecule has 2 aromatic carbocycles. The zero-order valence-corrected chi connectivity index (χ0v) is 19.1. The quantitative estimate of drug-likeness (QED) is 0.422. The molecule has 1 fully saturated rings. The van der Waals surface area contributed by atoms with E-state index in [1.807, 2.05) is 60.7 Å². The predicted octanol–water partition coefficient (Wildman–Crippen LogP) is 3.42. The van der Waals surface area contributed by atoms with Gasteiger partial charge in [0, 0.05) is 10.7 Å². The second-order valence-corrected chi connectivity index (χ2v) is 10.4. The fraction of sp³-hybridized carbons (Fsp3) is 0.182. The zero-order valence-electron chi connectivity index (χ0n) is 16.7. The Hall–Kier alpha value is -2.66. The number of hydrogen-bond donors (Lipinski definition) is 1. The molecule has 0 radical (unpaired) electrons. The number of nitrogens with two attached hydrogens (primary N) is 1. The zero-order chi connectivity index (χ0) is 22.1. The Bertz CT molecular complexity index is 1120. The molecule has 0 unspecified atom stereocenters. The van der Waals surface area contributed by atoms with Gasteiger partial charge in [-0.15, -0.1) is 22.0 Å². The summed E-state index contributed by atoms with van der Waals surface area (Å²) >= 11 is 4.25. The largest absolute Gasteiger partial charge is 0.448 e. The molecule has 0 saturated carbocycles. The van der Waals surface area contributed by atoms with Crippen LogP contribution in [0.4, 0.5) is 0 Å². The number of benzene rings is 2. The Kier molecular flexibility index (Phi) is 6.01. The Labute approximate surface area is 197 Å². The van der Waals surface area contributed by atoms with Crippen LogP contribution in [0.2, 0.25) is 0 Å². The number of rotatable bonds is 6. The maximum atomic E-state index is 13.6. The van der Waals surface area contributed by atoms with E-state index in [0.717, 1.165) is 11.1 Å². The third-order valence-corrected chi connectivity index (χ3v) is 8.49.